The molecule has 3 heterocycles. The molecule has 0 aromatic heterocycles. The standard InChI is InChI=1S/C56H93NO13Si2/c1-35-21-18-17-19-22-36(2)47(64-8)33-43-26-24-41(7)56(63,68-43)53(60)54(61)57-28-20-23-44(57)55(62)67-48(38(4)31-42-25-27-46(49(32-42)65-9)69-71(11,12)13)34-45(58)37(3)30-40(6)51(70-72(14,15)16)52(66-10)50(59)39(5)29-35/h17-19,21-22,30,35,37-39,41-44,46-49,51-52,63H,20,23-29,31-34H2,1-16H3/b19-17+,21-18+,36-22?,40-30+/t35-,37-,38-,39-,41-,42+,43+,44+,46-,47+,48+,49-,51-,52+,56-/m1/s1. The Labute approximate surface area is 434 Å². The molecular formula is C56H93NO13Si2. The van der Waals surface area contributed by atoms with E-state index in [0.29, 0.717) is 44.1 Å². The van der Waals surface area contributed by atoms with Crippen molar-refractivity contribution in [3.63, 3.8) is 0 Å². The first kappa shape index (κ1) is 61.6. The number of carbonyl (C=O) groups excluding carboxylic acids is 5. The molecule has 4 aliphatic rings. The van der Waals surface area contributed by atoms with Gasteiger partial charge in [-0.2, -0.15) is 0 Å². The van der Waals surface area contributed by atoms with Crippen LogP contribution in [0.4, 0.5) is 0 Å². The molecule has 4 rings (SSSR count). The highest BCUT2D eigenvalue weighted by Gasteiger charge is 2.53. The number of amides is 1. The van der Waals surface area contributed by atoms with Crippen LogP contribution in [0.25, 0.3) is 0 Å². The number of hydrogen-bond acceptors (Lipinski definition) is 13. The summed E-state index contributed by atoms with van der Waals surface area (Å²) in [5.41, 5.74) is 1.60. The van der Waals surface area contributed by atoms with Gasteiger partial charge in [-0.15, -0.1) is 0 Å². The number of allylic oxidation sites excluding steroid dienone is 6. The molecule has 3 fully saturated rings. The lowest BCUT2D eigenvalue weighted by molar-refractivity contribution is -0.265. The van der Waals surface area contributed by atoms with E-state index in [1.807, 2.05) is 58.1 Å². The van der Waals surface area contributed by atoms with Crippen molar-refractivity contribution in [1.82, 2.24) is 4.90 Å². The third kappa shape index (κ3) is 17.3. The van der Waals surface area contributed by atoms with E-state index in [1.165, 1.54) is 12.0 Å². The van der Waals surface area contributed by atoms with Crippen molar-refractivity contribution in [2.24, 2.45) is 35.5 Å². The lowest BCUT2D eigenvalue weighted by Crippen LogP contribution is -2.59. The second-order valence-electron chi connectivity index (χ2n) is 23.6. The molecule has 0 radical (unpaired) electrons. The summed E-state index contributed by atoms with van der Waals surface area (Å²) in [6.07, 6.45) is 13.6. The summed E-state index contributed by atoms with van der Waals surface area (Å²) < 4.78 is 43.7. The maximum Gasteiger partial charge on any atom is 0.329 e. The Bertz CT molecular complexity index is 1970. The van der Waals surface area contributed by atoms with E-state index in [9.17, 15) is 29.1 Å². The first-order valence-electron chi connectivity index (χ1n) is 26.8. The maximum atomic E-state index is 14.5. The zero-order valence-corrected chi connectivity index (χ0v) is 48.8. The number of fused-ring (bicyclic) bond motifs is 3. The first-order valence-corrected chi connectivity index (χ1v) is 33.6. The number of methoxy groups -OCH3 is 3. The molecule has 15 atom stereocenters. The quantitative estimate of drug-likeness (QED) is 0.0950. The van der Waals surface area contributed by atoms with Crippen LogP contribution >= 0.6 is 0 Å². The second-order valence-corrected chi connectivity index (χ2v) is 32.6. The predicted octanol–water partition coefficient (Wildman–Crippen LogP) is 9.51. The summed E-state index contributed by atoms with van der Waals surface area (Å²) in [6.45, 7) is 26.1. The SMILES string of the molecule is CO[C@H]1C[C@@H]2CC[C@@H](C)[C@@](O)(O2)C(=O)C(=O)N2CCC[C@H]2C(=O)O[C@H]([C@H](C)C[C@@H]2CC[C@@H](O[Si](C)(C)C)[C@H](OC)C2)CC(=O)[C@H](C)/C=C(\C)[C@@H](O[Si](C)(C)C)[C@@H](OC)C(=O)[C@H](C)C[C@H](C)/C=C/C=C/C=C1C. The molecule has 2 bridgehead atoms. The van der Waals surface area contributed by atoms with Crippen LogP contribution < -0.4 is 0 Å². The lowest BCUT2D eigenvalue weighted by atomic mass is 9.78. The molecule has 1 aliphatic carbocycles. The zero-order valence-electron chi connectivity index (χ0n) is 46.8. The molecule has 0 aromatic rings. The number of nitrogens with zero attached hydrogens (tertiary/aromatic N) is 1. The van der Waals surface area contributed by atoms with Crippen molar-refractivity contribution in [3.05, 3.63) is 47.6 Å². The average Bonchev–Trinajstić information content (AvgIpc) is 3.80. The highest BCUT2D eigenvalue weighted by atomic mass is 28.4. The fourth-order valence-electron chi connectivity index (χ4n) is 11.0. The molecule has 408 valence electrons. The number of esters is 1. The second kappa shape index (κ2) is 27.2. The monoisotopic (exact) mass is 1040 g/mol. The first-order chi connectivity index (χ1) is 33.6. The van der Waals surface area contributed by atoms with E-state index in [4.69, 9.17) is 32.5 Å². The predicted molar refractivity (Wildman–Crippen MR) is 285 cm³/mol. The van der Waals surface area contributed by atoms with Crippen molar-refractivity contribution in [1.29, 1.82) is 0 Å². The fourth-order valence-corrected chi connectivity index (χ4v) is 13.3. The fraction of sp³-hybridized carbons (Fsp3) is 0.768. The van der Waals surface area contributed by atoms with E-state index < -0.39 is 88.5 Å². The summed E-state index contributed by atoms with van der Waals surface area (Å²) in [7, 11) is 0.716. The van der Waals surface area contributed by atoms with Crippen LogP contribution in [0.15, 0.2) is 47.6 Å². The number of ketones is 3. The number of carbonyl (C=O) groups is 5. The number of hydrogen-bond donors (Lipinski definition) is 1. The van der Waals surface area contributed by atoms with Gasteiger partial charge in [0, 0.05) is 58.5 Å². The summed E-state index contributed by atoms with van der Waals surface area (Å²) in [5.74, 6) is -7.20. The lowest BCUT2D eigenvalue weighted by Gasteiger charge is -2.41. The van der Waals surface area contributed by atoms with Gasteiger partial charge in [-0.3, -0.25) is 19.2 Å². The van der Waals surface area contributed by atoms with E-state index in [-0.39, 0.29) is 66.8 Å². The Balaban J connectivity index is 1.74. The van der Waals surface area contributed by atoms with Crippen LogP contribution in [-0.4, -0.2) is 138 Å². The largest absolute Gasteiger partial charge is 0.460 e. The van der Waals surface area contributed by atoms with Gasteiger partial charge in [-0.25, -0.2) is 4.79 Å². The molecule has 72 heavy (non-hydrogen) atoms. The molecule has 0 unspecified atom stereocenters. The molecule has 0 spiro atoms. The van der Waals surface area contributed by atoms with Crippen molar-refractivity contribution in [2.45, 2.75) is 213 Å². The minimum Gasteiger partial charge on any atom is -0.460 e. The van der Waals surface area contributed by atoms with Gasteiger partial charge in [0.25, 0.3) is 11.7 Å². The van der Waals surface area contributed by atoms with Crippen LogP contribution in [0.3, 0.4) is 0 Å². The van der Waals surface area contributed by atoms with E-state index >= 15 is 0 Å². The number of cyclic esters (lactones) is 1. The van der Waals surface area contributed by atoms with Gasteiger partial charge in [-0.1, -0.05) is 71.1 Å². The Morgan fingerprint density at radius 3 is 2.08 bits per heavy atom. The third-order valence-corrected chi connectivity index (χ3v) is 17.1. The minimum atomic E-state index is -2.41. The van der Waals surface area contributed by atoms with Gasteiger partial charge in [0.2, 0.25) is 5.79 Å². The van der Waals surface area contributed by atoms with Gasteiger partial charge in [0.1, 0.15) is 24.0 Å². The smallest absolute Gasteiger partial charge is 0.329 e. The topological polar surface area (TPSA) is 173 Å². The highest BCUT2D eigenvalue weighted by Crippen LogP contribution is 2.39. The molecule has 3 aliphatic heterocycles. The molecule has 1 N–H and O–H groups in total. The molecule has 1 amide bonds. The number of Topliss-reactive ketones (excluding diaryl/α,β-unsaturated/α-hetero) is 3. The summed E-state index contributed by atoms with van der Waals surface area (Å²) in [5, 5.41) is 12.0. The van der Waals surface area contributed by atoms with Crippen LogP contribution in [0.5, 0.6) is 0 Å². The molecule has 2 saturated heterocycles. The van der Waals surface area contributed by atoms with Gasteiger partial charge in [0.05, 0.1) is 30.5 Å². The van der Waals surface area contributed by atoms with E-state index in [2.05, 4.69) is 52.3 Å². The van der Waals surface area contributed by atoms with E-state index in [0.717, 1.165) is 24.8 Å². The van der Waals surface area contributed by atoms with Gasteiger partial charge in [-0.05, 0) is 140 Å². The zero-order chi connectivity index (χ0) is 53.9. The van der Waals surface area contributed by atoms with Crippen molar-refractivity contribution < 1.29 is 61.6 Å². The van der Waals surface area contributed by atoms with Crippen molar-refractivity contribution in [3.8, 4) is 0 Å². The molecular weight excluding hydrogens is 951 g/mol. The number of aliphatic hydroxyl groups is 1. The Morgan fingerprint density at radius 1 is 0.778 bits per heavy atom. The summed E-state index contributed by atoms with van der Waals surface area (Å²) in [6, 6.07) is -1.10. The average molecular weight is 1040 g/mol. The normalized spacial score (nSPS) is 37.3. The summed E-state index contributed by atoms with van der Waals surface area (Å²) in [4.78, 5) is 73.1. The van der Waals surface area contributed by atoms with Crippen molar-refractivity contribution >= 4 is 45.9 Å². The Morgan fingerprint density at radius 2 is 1.46 bits per heavy atom. The van der Waals surface area contributed by atoms with E-state index in [1.54, 1.807) is 28.1 Å². The van der Waals surface area contributed by atoms with Gasteiger partial charge >= 0.3 is 5.97 Å². The number of ether oxygens (including phenoxy) is 5. The Kier molecular flexibility index (Phi) is 23.3. The molecule has 0 aromatic carbocycles. The number of rotatable bonds is 10. The molecule has 1 saturated carbocycles. The Hall–Kier alpha value is -2.94. The van der Waals surface area contributed by atoms with Crippen molar-refractivity contribution in [2.75, 3.05) is 27.9 Å². The van der Waals surface area contributed by atoms with Crippen LogP contribution in [0.1, 0.15) is 119 Å². The summed E-state index contributed by atoms with van der Waals surface area (Å²) >= 11 is 0. The van der Waals surface area contributed by atoms with Crippen LogP contribution in [-0.2, 0) is 56.5 Å². The minimum absolute atomic E-state index is 0.00439. The molecule has 16 heteroatoms. The van der Waals surface area contributed by atoms with Crippen LogP contribution in [0, 0.1) is 35.5 Å². The van der Waals surface area contributed by atoms with Gasteiger partial charge in [0.15, 0.2) is 22.4 Å². The third-order valence-electron chi connectivity index (χ3n) is 15.2. The van der Waals surface area contributed by atoms with Crippen LogP contribution in [0.2, 0.25) is 39.3 Å². The maximum absolute atomic E-state index is 14.5. The van der Waals surface area contributed by atoms with Gasteiger partial charge < -0.3 is 42.5 Å². The molecule has 14 nitrogen and oxygen atoms in total. The highest BCUT2D eigenvalue weighted by molar-refractivity contribution is 6.70.